The molecule has 1 fully saturated rings. The highest BCUT2D eigenvalue weighted by Crippen LogP contribution is 2.54. The van der Waals surface area contributed by atoms with Crippen LogP contribution in [0.15, 0.2) is 54.6 Å². The zero-order valence-electron chi connectivity index (χ0n) is 16.0. The SMILES string of the molecule is CN1C(=O)C(NC(=O)c2n[nH]c(Cc3ccccc3)n2)[C@@H]2C[C@H]2c2ccccc21. The quantitative estimate of drug-likeness (QED) is 0.719. The molecule has 3 atom stereocenters. The summed E-state index contributed by atoms with van der Waals surface area (Å²) in [6.07, 6.45) is 1.46. The molecular weight excluding hydrogens is 366 g/mol. The Bertz CT molecular complexity index is 1080. The summed E-state index contributed by atoms with van der Waals surface area (Å²) in [5.41, 5.74) is 3.17. The maximum Gasteiger partial charge on any atom is 0.291 e. The molecule has 0 radical (unpaired) electrons. The minimum atomic E-state index is -0.569. The summed E-state index contributed by atoms with van der Waals surface area (Å²) in [4.78, 5) is 31.7. The fourth-order valence-electron chi connectivity index (χ4n) is 4.20. The van der Waals surface area contributed by atoms with Crippen LogP contribution in [-0.2, 0) is 11.2 Å². The molecule has 0 bridgehead atoms. The molecule has 1 unspecified atom stereocenters. The van der Waals surface area contributed by atoms with Crippen LogP contribution < -0.4 is 10.2 Å². The van der Waals surface area contributed by atoms with Crippen molar-refractivity contribution in [3.8, 4) is 0 Å². The molecular formula is C22H21N5O2. The molecule has 0 saturated heterocycles. The lowest BCUT2D eigenvalue weighted by molar-refractivity contribution is -0.120. The third kappa shape index (κ3) is 3.18. The van der Waals surface area contributed by atoms with Crippen LogP contribution in [0.3, 0.4) is 0 Å². The number of hydrogen-bond donors (Lipinski definition) is 2. The number of fused-ring (bicyclic) bond motifs is 3. The van der Waals surface area contributed by atoms with Gasteiger partial charge in [0.25, 0.3) is 5.91 Å². The van der Waals surface area contributed by atoms with E-state index >= 15 is 0 Å². The van der Waals surface area contributed by atoms with Crippen molar-refractivity contribution in [1.82, 2.24) is 20.5 Å². The highest BCUT2D eigenvalue weighted by atomic mass is 16.2. The lowest BCUT2D eigenvalue weighted by Crippen LogP contribution is -2.48. The highest BCUT2D eigenvalue weighted by Gasteiger charge is 2.51. The van der Waals surface area contributed by atoms with Crippen LogP contribution in [0.25, 0.3) is 0 Å². The Kier molecular flexibility index (Phi) is 4.16. The number of aromatic amines is 1. The number of rotatable bonds is 4. The van der Waals surface area contributed by atoms with E-state index in [1.807, 2.05) is 48.5 Å². The molecule has 1 aromatic heterocycles. The van der Waals surface area contributed by atoms with Gasteiger partial charge in [0.1, 0.15) is 11.9 Å². The van der Waals surface area contributed by atoms with Crippen molar-refractivity contribution in [2.45, 2.75) is 24.8 Å². The number of nitrogens with one attached hydrogen (secondary N) is 2. The monoisotopic (exact) mass is 387 g/mol. The van der Waals surface area contributed by atoms with Crippen LogP contribution in [0.4, 0.5) is 5.69 Å². The molecule has 2 amide bonds. The number of benzene rings is 2. The maximum absolute atomic E-state index is 13.0. The molecule has 7 heteroatoms. The van der Waals surface area contributed by atoms with E-state index in [0.29, 0.717) is 18.2 Å². The Labute approximate surface area is 168 Å². The first-order valence-electron chi connectivity index (χ1n) is 9.74. The molecule has 2 aromatic carbocycles. The van der Waals surface area contributed by atoms with Crippen LogP contribution in [0.2, 0.25) is 0 Å². The first kappa shape index (κ1) is 17.6. The largest absolute Gasteiger partial charge is 0.337 e. The number of carbonyl (C=O) groups excluding carboxylic acids is 2. The Morgan fingerprint density at radius 1 is 1.17 bits per heavy atom. The van der Waals surface area contributed by atoms with Crippen molar-refractivity contribution in [1.29, 1.82) is 0 Å². The molecule has 2 aliphatic rings. The molecule has 7 nitrogen and oxygen atoms in total. The second kappa shape index (κ2) is 6.84. The van der Waals surface area contributed by atoms with Crippen molar-refractivity contribution in [2.75, 3.05) is 11.9 Å². The molecule has 2 heterocycles. The van der Waals surface area contributed by atoms with Gasteiger partial charge in [0, 0.05) is 19.2 Å². The van der Waals surface area contributed by atoms with Gasteiger partial charge in [-0.3, -0.25) is 14.7 Å². The summed E-state index contributed by atoms with van der Waals surface area (Å²) in [6.45, 7) is 0. The average molecular weight is 387 g/mol. The summed E-state index contributed by atoms with van der Waals surface area (Å²) in [7, 11) is 1.76. The van der Waals surface area contributed by atoms with Crippen LogP contribution >= 0.6 is 0 Å². The summed E-state index contributed by atoms with van der Waals surface area (Å²) in [5.74, 6) is 0.555. The molecule has 1 aliphatic carbocycles. The summed E-state index contributed by atoms with van der Waals surface area (Å²) in [6, 6.07) is 17.2. The number of aromatic nitrogens is 3. The maximum atomic E-state index is 13.0. The number of anilines is 1. The lowest BCUT2D eigenvalue weighted by Gasteiger charge is -2.23. The van der Waals surface area contributed by atoms with Gasteiger partial charge in [-0.05, 0) is 35.4 Å². The lowest BCUT2D eigenvalue weighted by atomic mass is 10.1. The summed E-state index contributed by atoms with van der Waals surface area (Å²) in [5, 5.41) is 9.76. The standard InChI is InChI=1S/C22H21N5O2/c1-27-17-10-6-5-9-14(17)15-12-16(15)19(22(27)29)24-21(28)20-23-18(25-26-20)11-13-7-3-2-4-8-13/h2-10,15-16,19H,11-12H2,1H3,(H,24,28)(H,23,25,26)/t15-,16+,19?/m0/s1. The van der Waals surface area contributed by atoms with Gasteiger partial charge in [-0.2, -0.15) is 0 Å². The van der Waals surface area contributed by atoms with Crippen LogP contribution in [-0.4, -0.2) is 40.1 Å². The predicted octanol–water partition coefficient (Wildman–Crippen LogP) is 2.27. The Morgan fingerprint density at radius 2 is 1.93 bits per heavy atom. The van der Waals surface area contributed by atoms with E-state index in [2.05, 4.69) is 26.6 Å². The fraction of sp³-hybridized carbons (Fsp3) is 0.273. The minimum absolute atomic E-state index is 0.0605. The molecule has 1 aliphatic heterocycles. The topological polar surface area (TPSA) is 91.0 Å². The van der Waals surface area contributed by atoms with Gasteiger partial charge in [-0.15, -0.1) is 5.10 Å². The second-order valence-corrected chi connectivity index (χ2v) is 7.68. The number of likely N-dealkylation sites (N-methyl/N-ethyl adjacent to an activating group) is 1. The molecule has 29 heavy (non-hydrogen) atoms. The van der Waals surface area contributed by atoms with Gasteiger partial charge in [0.2, 0.25) is 11.7 Å². The van der Waals surface area contributed by atoms with Gasteiger partial charge >= 0.3 is 0 Å². The van der Waals surface area contributed by atoms with Gasteiger partial charge in [-0.1, -0.05) is 48.5 Å². The third-order valence-electron chi connectivity index (χ3n) is 5.80. The summed E-state index contributed by atoms with van der Waals surface area (Å²) >= 11 is 0. The van der Waals surface area contributed by atoms with E-state index in [0.717, 1.165) is 17.7 Å². The zero-order valence-corrected chi connectivity index (χ0v) is 16.0. The van der Waals surface area contributed by atoms with E-state index in [-0.39, 0.29) is 17.6 Å². The molecule has 1 saturated carbocycles. The molecule has 146 valence electrons. The van der Waals surface area contributed by atoms with E-state index in [1.54, 1.807) is 11.9 Å². The minimum Gasteiger partial charge on any atom is -0.337 e. The fourth-order valence-corrected chi connectivity index (χ4v) is 4.20. The summed E-state index contributed by atoms with van der Waals surface area (Å²) < 4.78 is 0. The second-order valence-electron chi connectivity index (χ2n) is 7.68. The van der Waals surface area contributed by atoms with Crippen LogP contribution in [0.1, 0.15) is 39.9 Å². The van der Waals surface area contributed by atoms with E-state index in [1.165, 1.54) is 5.56 Å². The Hall–Kier alpha value is -3.48. The number of H-pyrrole nitrogens is 1. The van der Waals surface area contributed by atoms with Crippen molar-refractivity contribution in [3.05, 3.63) is 77.4 Å². The molecule has 0 spiro atoms. The smallest absolute Gasteiger partial charge is 0.291 e. The van der Waals surface area contributed by atoms with E-state index in [4.69, 9.17) is 0 Å². The number of carbonyl (C=O) groups is 2. The highest BCUT2D eigenvalue weighted by molar-refractivity contribution is 6.03. The van der Waals surface area contributed by atoms with Gasteiger partial charge in [0.15, 0.2) is 0 Å². The van der Waals surface area contributed by atoms with Crippen molar-refractivity contribution in [3.63, 3.8) is 0 Å². The first-order valence-corrected chi connectivity index (χ1v) is 9.74. The third-order valence-corrected chi connectivity index (χ3v) is 5.80. The van der Waals surface area contributed by atoms with Crippen molar-refractivity contribution in [2.24, 2.45) is 5.92 Å². The van der Waals surface area contributed by atoms with E-state index < -0.39 is 11.9 Å². The average Bonchev–Trinajstić information content (AvgIpc) is 3.41. The number of amides is 2. The number of nitrogens with zero attached hydrogens (tertiary/aromatic N) is 3. The number of hydrogen-bond acceptors (Lipinski definition) is 4. The van der Waals surface area contributed by atoms with Crippen LogP contribution in [0, 0.1) is 5.92 Å². The zero-order chi connectivity index (χ0) is 20.0. The molecule has 5 rings (SSSR count). The Morgan fingerprint density at radius 3 is 2.76 bits per heavy atom. The van der Waals surface area contributed by atoms with Crippen LogP contribution in [0.5, 0.6) is 0 Å². The normalized spacial score (nSPS) is 22.4. The first-order chi connectivity index (χ1) is 14.1. The Balaban J connectivity index is 1.32. The predicted molar refractivity (Wildman–Crippen MR) is 108 cm³/mol. The van der Waals surface area contributed by atoms with Crippen molar-refractivity contribution < 1.29 is 9.59 Å². The molecule has 3 aromatic rings. The van der Waals surface area contributed by atoms with E-state index in [9.17, 15) is 9.59 Å². The van der Waals surface area contributed by atoms with Gasteiger partial charge in [0.05, 0.1) is 0 Å². The number of para-hydroxylation sites is 1. The van der Waals surface area contributed by atoms with Gasteiger partial charge < -0.3 is 10.2 Å². The van der Waals surface area contributed by atoms with Gasteiger partial charge in [-0.25, -0.2) is 4.98 Å². The molecule has 2 N–H and O–H groups in total. The van der Waals surface area contributed by atoms with Crippen molar-refractivity contribution >= 4 is 17.5 Å².